The van der Waals surface area contributed by atoms with Gasteiger partial charge < -0.3 is 10.2 Å². The van der Waals surface area contributed by atoms with E-state index in [9.17, 15) is 4.79 Å². The largest absolute Gasteiger partial charge is 0.351 e. The molecule has 0 aliphatic carbocycles. The van der Waals surface area contributed by atoms with Crippen molar-refractivity contribution in [3.8, 4) is 11.3 Å². The van der Waals surface area contributed by atoms with Crippen molar-refractivity contribution >= 4 is 16.7 Å². The Morgan fingerprint density at radius 3 is 2.50 bits per heavy atom. The summed E-state index contributed by atoms with van der Waals surface area (Å²) in [4.78, 5) is 19.9. The summed E-state index contributed by atoms with van der Waals surface area (Å²) < 4.78 is 0. The van der Waals surface area contributed by atoms with E-state index in [0.29, 0.717) is 12.1 Å². The fourth-order valence-corrected chi connectivity index (χ4v) is 3.55. The molecule has 0 unspecified atom stereocenters. The Balaban J connectivity index is 1.96. The number of amides is 1. The molecule has 1 N–H and O–H groups in total. The molecule has 3 aromatic rings. The van der Waals surface area contributed by atoms with E-state index in [2.05, 4.69) is 68.2 Å². The number of benzene rings is 2. The molecule has 0 saturated carbocycles. The van der Waals surface area contributed by atoms with Gasteiger partial charge in [-0.2, -0.15) is 0 Å². The molecule has 4 nitrogen and oxygen atoms in total. The van der Waals surface area contributed by atoms with Crippen LogP contribution in [0.1, 0.15) is 35.3 Å². The van der Waals surface area contributed by atoms with Gasteiger partial charge in [0.25, 0.3) is 5.91 Å². The van der Waals surface area contributed by atoms with Crippen LogP contribution in [0.15, 0.2) is 48.7 Å². The molecule has 4 heteroatoms. The van der Waals surface area contributed by atoms with Gasteiger partial charge in [-0.1, -0.05) is 61.9 Å². The Labute approximate surface area is 167 Å². The first-order chi connectivity index (χ1) is 13.5. The Kier molecular flexibility index (Phi) is 6.42. The average molecular weight is 376 g/mol. The highest BCUT2D eigenvalue weighted by atomic mass is 16.1. The van der Waals surface area contributed by atoms with Crippen molar-refractivity contribution in [1.29, 1.82) is 0 Å². The van der Waals surface area contributed by atoms with E-state index in [1.54, 1.807) is 6.20 Å². The second kappa shape index (κ2) is 8.98. The van der Waals surface area contributed by atoms with E-state index < -0.39 is 0 Å². The first-order valence-corrected chi connectivity index (χ1v) is 10.0. The van der Waals surface area contributed by atoms with Gasteiger partial charge in [-0.3, -0.25) is 9.78 Å². The standard InChI is InChI=1S/C24H29N3O/c1-5-27(6-2)14-13-25-24(28)22-16-26-23(19-10-8-7-9-18(19)4)20-12-11-17(3)15-21(20)22/h7-12,15-16H,5-6,13-14H2,1-4H3,(H,25,28). The van der Waals surface area contributed by atoms with Crippen LogP contribution in [0.2, 0.25) is 0 Å². The van der Waals surface area contributed by atoms with Gasteiger partial charge in [0.2, 0.25) is 0 Å². The number of hydrogen-bond acceptors (Lipinski definition) is 3. The van der Waals surface area contributed by atoms with Gasteiger partial charge in [0.1, 0.15) is 0 Å². The van der Waals surface area contributed by atoms with Gasteiger partial charge in [0.15, 0.2) is 0 Å². The quantitative estimate of drug-likeness (QED) is 0.657. The van der Waals surface area contributed by atoms with Crippen molar-refractivity contribution in [3.63, 3.8) is 0 Å². The summed E-state index contributed by atoms with van der Waals surface area (Å²) >= 11 is 0. The van der Waals surface area contributed by atoms with Crippen LogP contribution in [0.25, 0.3) is 22.0 Å². The van der Waals surface area contributed by atoms with Crippen LogP contribution in [-0.4, -0.2) is 42.0 Å². The van der Waals surface area contributed by atoms with Gasteiger partial charge in [0, 0.05) is 30.2 Å². The van der Waals surface area contributed by atoms with Crippen molar-refractivity contribution in [2.45, 2.75) is 27.7 Å². The molecule has 28 heavy (non-hydrogen) atoms. The molecule has 0 aliphatic heterocycles. The normalized spacial score (nSPS) is 11.2. The number of aromatic nitrogens is 1. The van der Waals surface area contributed by atoms with Crippen molar-refractivity contribution in [1.82, 2.24) is 15.2 Å². The number of carbonyl (C=O) groups excluding carboxylic acids is 1. The smallest absolute Gasteiger partial charge is 0.253 e. The van der Waals surface area contributed by atoms with Crippen molar-refractivity contribution in [3.05, 3.63) is 65.4 Å². The molecule has 0 spiro atoms. The third-order valence-electron chi connectivity index (χ3n) is 5.30. The molecule has 2 aromatic carbocycles. The lowest BCUT2D eigenvalue weighted by Gasteiger charge is -2.18. The monoisotopic (exact) mass is 375 g/mol. The number of hydrogen-bond donors (Lipinski definition) is 1. The number of fused-ring (bicyclic) bond motifs is 1. The summed E-state index contributed by atoms with van der Waals surface area (Å²) in [6.07, 6.45) is 1.72. The fraction of sp³-hybridized carbons (Fsp3) is 0.333. The predicted molar refractivity (Wildman–Crippen MR) is 117 cm³/mol. The van der Waals surface area contributed by atoms with Gasteiger partial charge in [0.05, 0.1) is 11.3 Å². The van der Waals surface area contributed by atoms with Gasteiger partial charge in [-0.05, 0) is 37.9 Å². The first-order valence-electron chi connectivity index (χ1n) is 10.0. The van der Waals surface area contributed by atoms with Crippen LogP contribution in [0.3, 0.4) is 0 Å². The molecule has 3 rings (SSSR count). The molecule has 0 atom stereocenters. The van der Waals surface area contributed by atoms with E-state index in [1.165, 1.54) is 5.56 Å². The Morgan fingerprint density at radius 1 is 1.04 bits per heavy atom. The van der Waals surface area contributed by atoms with Crippen molar-refractivity contribution in [2.75, 3.05) is 26.2 Å². The van der Waals surface area contributed by atoms with Gasteiger partial charge in [-0.15, -0.1) is 0 Å². The predicted octanol–water partition coefficient (Wildman–Crippen LogP) is 4.59. The fourth-order valence-electron chi connectivity index (χ4n) is 3.55. The molecular weight excluding hydrogens is 346 g/mol. The Morgan fingerprint density at radius 2 is 1.79 bits per heavy atom. The summed E-state index contributed by atoms with van der Waals surface area (Å²) in [6.45, 7) is 11.9. The topological polar surface area (TPSA) is 45.2 Å². The first kappa shape index (κ1) is 20.0. The van der Waals surface area contributed by atoms with E-state index in [0.717, 1.165) is 47.2 Å². The third kappa shape index (κ3) is 4.23. The highest BCUT2D eigenvalue weighted by molar-refractivity contribution is 6.10. The zero-order chi connectivity index (χ0) is 20.1. The molecule has 0 saturated heterocycles. The number of pyridine rings is 1. The number of nitrogens with one attached hydrogen (secondary N) is 1. The number of likely N-dealkylation sites (N-methyl/N-ethyl adjacent to an activating group) is 1. The summed E-state index contributed by atoms with van der Waals surface area (Å²) in [6, 6.07) is 14.5. The minimum absolute atomic E-state index is 0.0633. The van der Waals surface area contributed by atoms with E-state index in [-0.39, 0.29) is 5.91 Å². The molecular formula is C24H29N3O. The van der Waals surface area contributed by atoms with Crippen LogP contribution < -0.4 is 5.32 Å². The molecule has 1 heterocycles. The number of aryl methyl sites for hydroxylation is 2. The summed E-state index contributed by atoms with van der Waals surface area (Å²) in [5, 5.41) is 5.02. The molecule has 0 radical (unpaired) electrons. The second-order valence-corrected chi connectivity index (χ2v) is 7.17. The summed E-state index contributed by atoms with van der Waals surface area (Å²) in [5.74, 6) is -0.0633. The molecule has 146 valence electrons. The minimum Gasteiger partial charge on any atom is -0.351 e. The minimum atomic E-state index is -0.0633. The number of carbonyl (C=O) groups is 1. The molecule has 0 fully saturated rings. The zero-order valence-corrected chi connectivity index (χ0v) is 17.2. The second-order valence-electron chi connectivity index (χ2n) is 7.17. The Bertz CT molecular complexity index is 977. The summed E-state index contributed by atoms with van der Waals surface area (Å²) in [5.41, 5.74) is 4.97. The number of nitrogens with zero attached hydrogens (tertiary/aromatic N) is 2. The van der Waals surface area contributed by atoms with Crippen molar-refractivity contribution < 1.29 is 4.79 Å². The highest BCUT2D eigenvalue weighted by Crippen LogP contribution is 2.31. The zero-order valence-electron chi connectivity index (χ0n) is 17.2. The van der Waals surface area contributed by atoms with Crippen LogP contribution in [-0.2, 0) is 0 Å². The lowest BCUT2D eigenvalue weighted by Crippen LogP contribution is -2.34. The van der Waals surface area contributed by atoms with Crippen LogP contribution in [0, 0.1) is 13.8 Å². The van der Waals surface area contributed by atoms with Gasteiger partial charge in [-0.25, -0.2) is 0 Å². The highest BCUT2D eigenvalue weighted by Gasteiger charge is 2.16. The summed E-state index contributed by atoms with van der Waals surface area (Å²) in [7, 11) is 0. The Hall–Kier alpha value is -2.72. The molecule has 0 bridgehead atoms. The van der Waals surface area contributed by atoms with Crippen molar-refractivity contribution in [2.24, 2.45) is 0 Å². The lowest BCUT2D eigenvalue weighted by atomic mass is 9.96. The maximum Gasteiger partial charge on any atom is 0.253 e. The van der Waals surface area contributed by atoms with E-state index in [4.69, 9.17) is 4.98 Å². The third-order valence-corrected chi connectivity index (χ3v) is 5.30. The van der Waals surface area contributed by atoms with Gasteiger partial charge >= 0.3 is 0 Å². The lowest BCUT2D eigenvalue weighted by molar-refractivity contribution is 0.0950. The maximum absolute atomic E-state index is 12.9. The van der Waals surface area contributed by atoms with Crippen LogP contribution in [0.5, 0.6) is 0 Å². The van der Waals surface area contributed by atoms with Crippen LogP contribution >= 0.6 is 0 Å². The average Bonchev–Trinajstić information content (AvgIpc) is 2.70. The SMILES string of the molecule is CCN(CC)CCNC(=O)c1cnc(-c2ccccc2C)c2ccc(C)cc12. The molecule has 1 aromatic heterocycles. The van der Waals surface area contributed by atoms with E-state index in [1.807, 2.05) is 12.1 Å². The maximum atomic E-state index is 12.9. The number of rotatable bonds is 7. The van der Waals surface area contributed by atoms with Crippen LogP contribution in [0.4, 0.5) is 0 Å². The molecule has 1 amide bonds. The molecule has 0 aliphatic rings. The van der Waals surface area contributed by atoms with E-state index >= 15 is 0 Å².